The number of Topliss-reactive ketones (excluding diaryl/α,β-unsaturated/α-hetero) is 1. The van der Waals surface area contributed by atoms with E-state index < -0.39 is 0 Å². The number of fused-ring (bicyclic) bond motifs is 1. The summed E-state index contributed by atoms with van der Waals surface area (Å²) in [7, 11) is 0. The van der Waals surface area contributed by atoms with Crippen LogP contribution in [0, 0.1) is 6.92 Å². The first-order chi connectivity index (χ1) is 8.29. The zero-order valence-corrected chi connectivity index (χ0v) is 11.7. The Hall–Kier alpha value is -1.70. The Morgan fingerprint density at radius 3 is 2.39 bits per heavy atom. The molecule has 2 aromatic rings. The van der Waals surface area contributed by atoms with Crippen molar-refractivity contribution in [3.8, 4) is 0 Å². The van der Waals surface area contributed by atoms with E-state index in [-0.39, 0.29) is 11.2 Å². The molecule has 0 N–H and O–H groups in total. The zero-order chi connectivity index (χ0) is 13.5. The van der Waals surface area contributed by atoms with Gasteiger partial charge in [-0.1, -0.05) is 26.8 Å². The van der Waals surface area contributed by atoms with Gasteiger partial charge in [0.25, 0.3) is 0 Å². The van der Waals surface area contributed by atoms with Crippen molar-refractivity contribution in [1.82, 2.24) is 4.98 Å². The highest BCUT2D eigenvalue weighted by molar-refractivity contribution is 5.95. The largest absolute Gasteiger partial charge is 0.293 e. The van der Waals surface area contributed by atoms with E-state index in [9.17, 15) is 4.79 Å². The topological polar surface area (TPSA) is 30.0 Å². The molecule has 1 aromatic carbocycles. The third kappa shape index (κ3) is 2.28. The zero-order valence-electron chi connectivity index (χ0n) is 11.7. The van der Waals surface area contributed by atoms with Crippen LogP contribution in [0.25, 0.3) is 10.9 Å². The summed E-state index contributed by atoms with van der Waals surface area (Å²) >= 11 is 0. The minimum Gasteiger partial charge on any atom is -0.293 e. The number of hydrogen-bond donors (Lipinski definition) is 0. The van der Waals surface area contributed by atoms with Crippen LogP contribution in [-0.4, -0.2) is 10.8 Å². The van der Waals surface area contributed by atoms with Gasteiger partial charge in [0.1, 0.15) is 5.69 Å². The minimum atomic E-state index is 0.0138. The Bertz CT molecular complexity index is 621. The molecule has 1 aromatic heterocycles. The summed E-state index contributed by atoms with van der Waals surface area (Å²) < 4.78 is 0. The first kappa shape index (κ1) is 12.7. The molecule has 1 heterocycles. The maximum atomic E-state index is 11.4. The SMILES string of the molecule is CC(=O)c1cc(C)c2cc(C(C)(C)C)ccc2n1. The fourth-order valence-electron chi connectivity index (χ4n) is 2.04. The summed E-state index contributed by atoms with van der Waals surface area (Å²) in [6.45, 7) is 10.2. The molecule has 0 unspecified atom stereocenters. The predicted molar refractivity (Wildman–Crippen MR) is 75.2 cm³/mol. The molecule has 0 spiro atoms. The summed E-state index contributed by atoms with van der Waals surface area (Å²) in [4.78, 5) is 15.8. The van der Waals surface area contributed by atoms with Crippen molar-refractivity contribution in [1.29, 1.82) is 0 Å². The van der Waals surface area contributed by atoms with Gasteiger partial charge in [-0.25, -0.2) is 4.98 Å². The lowest BCUT2D eigenvalue weighted by molar-refractivity contribution is 0.101. The van der Waals surface area contributed by atoms with Gasteiger partial charge in [-0.05, 0) is 41.7 Å². The van der Waals surface area contributed by atoms with Crippen LogP contribution >= 0.6 is 0 Å². The third-order valence-electron chi connectivity index (χ3n) is 3.24. The number of benzene rings is 1. The summed E-state index contributed by atoms with van der Waals surface area (Å²) in [6.07, 6.45) is 0. The lowest BCUT2D eigenvalue weighted by Crippen LogP contribution is -2.11. The molecule has 0 amide bonds. The van der Waals surface area contributed by atoms with E-state index in [1.807, 2.05) is 19.1 Å². The van der Waals surface area contributed by atoms with Crippen molar-refractivity contribution in [3.05, 3.63) is 41.1 Å². The average Bonchev–Trinajstić information content (AvgIpc) is 2.27. The van der Waals surface area contributed by atoms with Gasteiger partial charge in [0.05, 0.1) is 5.52 Å². The molecule has 0 aliphatic rings. The van der Waals surface area contributed by atoms with E-state index in [2.05, 4.69) is 37.9 Å². The lowest BCUT2D eigenvalue weighted by atomic mass is 9.86. The summed E-state index contributed by atoms with van der Waals surface area (Å²) in [5, 5.41) is 1.13. The monoisotopic (exact) mass is 241 g/mol. The average molecular weight is 241 g/mol. The first-order valence-corrected chi connectivity index (χ1v) is 6.22. The van der Waals surface area contributed by atoms with Crippen molar-refractivity contribution < 1.29 is 4.79 Å². The second kappa shape index (κ2) is 4.20. The highest BCUT2D eigenvalue weighted by atomic mass is 16.1. The number of pyridine rings is 1. The number of nitrogens with zero attached hydrogens (tertiary/aromatic N) is 1. The van der Waals surface area contributed by atoms with E-state index in [0.29, 0.717) is 5.69 Å². The summed E-state index contributed by atoms with van der Waals surface area (Å²) in [5.74, 6) is 0.0138. The molecule has 0 aliphatic heterocycles. The number of carbonyl (C=O) groups excluding carboxylic acids is 1. The van der Waals surface area contributed by atoms with E-state index in [4.69, 9.17) is 0 Å². The number of aromatic nitrogens is 1. The fraction of sp³-hybridized carbons (Fsp3) is 0.375. The van der Waals surface area contributed by atoms with Gasteiger partial charge < -0.3 is 0 Å². The quantitative estimate of drug-likeness (QED) is 0.705. The molecule has 18 heavy (non-hydrogen) atoms. The van der Waals surface area contributed by atoms with Gasteiger partial charge in [-0.2, -0.15) is 0 Å². The molecular formula is C16H19NO. The van der Waals surface area contributed by atoms with Gasteiger partial charge in [0.15, 0.2) is 5.78 Å². The molecular weight excluding hydrogens is 222 g/mol. The number of rotatable bonds is 1. The van der Waals surface area contributed by atoms with Crippen LogP contribution in [0.4, 0.5) is 0 Å². The molecule has 0 aliphatic carbocycles. The molecule has 2 heteroatoms. The molecule has 0 saturated carbocycles. The Labute approximate surface area is 108 Å². The van der Waals surface area contributed by atoms with Crippen LogP contribution < -0.4 is 0 Å². The fourth-order valence-corrected chi connectivity index (χ4v) is 2.04. The minimum absolute atomic E-state index is 0.0138. The van der Waals surface area contributed by atoms with Crippen LogP contribution in [-0.2, 0) is 5.41 Å². The molecule has 2 rings (SSSR count). The number of aryl methyl sites for hydroxylation is 1. The van der Waals surface area contributed by atoms with Crippen LogP contribution in [0.15, 0.2) is 24.3 Å². The summed E-state index contributed by atoms with van der Waals surface area (Å²) in [6, 6.07) is 8.16. The van der Waals surface area contributed by atoms with Crippen molar-refractivity contribution in [2.45, 2.75) is 40.0 Å². The number of ketones is 1. The van der Waals surface area contributed by atoms with Crippen LogP contribution in [0.5, 0.6) is 0 Å². The van der Waals surface area contributed by atoms with E-state index in [1.165, 1.54) is 5.56 Å². The highest BCUT2D eigenvalue weighted by Crippen LogP contribution is 2.27. The van der Waals surface area contributed by atoms with Crippen molar-refractivity contribution >= 4 is 16.7 Å². The molecule has 0 atom stereocenters. The second-order valence-corrected chi connectivity index (χ2v) is 5.86. The van der Waals surface area contributed by atoms with Crippen molar-refractivity contribution in [3.63, 3.8) is 0 Å². The lowest BCUT2D eigenvalue weighted by Gasteiger charge is -2.19. The standard InChI is InChI=1S/C16H19NO/c1-10-8-15(11(2)18)17-14-7-6-12(9-13(10)14)16(3,4)5/h6-9H,1-5H3. The second-order valence-electron chi connectivity index (χ2n) is 5.86. The highest BCUT2D eigenvalue weighted by Gasteiger charge is 2.15. The smallest absolute Gasteiger partial charge is 0.178 e. The third-order valence-corrected chi connectivity index (χ3v) is 3.24. The molecule has 94 valence electrons. The summed E-state index contributed by atoms with van der Waals surface area (Å²) in [5.41, 5.74) is 3.96. The molecule has 0 radical (unpaired) electrons. The normalized spacial score (nSPS) is 11.8. The molecule has 2 nitrogen and oxygen atoms in total. The van der Waals surface area contributed by atoms with Gasteiger partial charge in [-0.15, -0.1) is 0 Å². The Morgan fingerprint density at radius 2 is 1.83 bits per heavy atom. The van der Waals surface area contributed by atoms with Crippen LogP contribution in [0.3, 0.4) is 0 Å². The van der Waals surface area contributed by atoms with E-state index in [0.717, 1.165) is 16.5 Å². The first-order valence-electron chi connectivity index (χ1n) is 6.22. The molecule has 0 bridgehead atoms. The van der Waals surface area contributed by atoms with Gasteiger partial charge in [0, 0.05) is 12.3 Å². The Morgan fingerprint density at radius 1 is 1.17 bits per heavy atom. The molecule has 0 saturated heterocycles. The molecule has 0 fully saturated rings. The van der Waals surface area contributed by atoms with Crippen LogP contribution in [0.2, 0.25) is 0 Å². The van der Waals surface area contributed by atoms with E-state index in [1.54, 1.807) is 6.92 Å². The van der Waals surface area contributed by atoms with Crippen molar-refractivity contribution in [2.24, 2.45) is 0 Å². The Balaban J connectivity index is 2.69. The number of carbonyl (C=O) groups is 1. The predicted octanol–water partition coefficient (Wildman–Crippen LogP) is 4.04. The maximum Gasteiger partial charge on any atom is 0.178 e. The number of hydrogen-bond acceptors (Lipinski definition) is 2. The van der Waals surface area contributed by atoms with Crippen molar-refractivity contribution in [2.75, 3.05) is 0 Å². The Kier molecular flexibility index (Phi) is 2.97. The van der Waals surface area contributed by atoms with Gasteiger partial charge in [0.2, 0.25) is 0 Å². The van der Waals surface area contributed by atoms with E-state index >= 15 is 0 Å². The maximum absolute atomic E-state index is 11.4. The van der Waals surface area contributed by atoms with Crippen LogP contribution in [0.1, 0.15) is 49.3 Å². The van der Waals surface area contributed by atoms with Gasteiger partial charge in [-0.3, -0.25) is 4.79 Å². The van der Waals surface area contributed by atoms with Gasteiger partial charge >= 0.3 is 0 Å².